The van der Waals surface area contributed by atoms with E-state index < -0.39 is 11.8 Å². The van der Waals surface area contributed by atoms with Crippen LogP contribution in [-0.2, 0) is 11.4 Å². The number of hydrogen-bond donors (Lipinski definition) is 1. The lowest BCUT2D eigenvalue weighted by Crippen LogP contribution is -2.00. The minimum absolute atomic E-state index is 0.142. The van der Waals surface area contributed by atoms with E-state index in [0.29, 0.717) is 22.6 Å². The molecule has 0 aliphatic carbocycles. The number of aliphatic carboxylic acids is 1. The van der Waals surface area contributed by atoms with Crippen molar-refractivity contribution in [3.05, 3.63) is 64.4 Å². The lowest BCUT2D eigenvalue weighted by molar-refractivity contribution is -0.131. The van der Waals surface area contributed by atoms with E-state index in [2.05, 4.69) is 0 Å². The Morgan fingerprint density at radius 3 is 2.65 bits per heavy atom. The monoisotopic (exact) mass is 336 g/mol. The van der Waals surface area contributed by atoms with Gasteiger partial charge in [0.15, 0.2) is 0 Å². The Morgan fingerprint density at radius 2 is 2.00 bits per heavy atom. The quantitative estimate of drug-likeness (QED) is 0.805. The highest BCUT2D eigenvalue weighted by atomic mass is 35.5. The molecule has 0 radical (unpaired) electrons. The van der Waals surface area contributed by atoms with Crippen molar-refractivity contribution in [1.29, 1.82) is 0 Å². The summed E-state index contributed by atoms with van der Waals surface area (Å²) in [5.41, 5.74) is 1.40. The summed E-state index contributed by atoms with van der Waals surface area (Å²) in [6, 6.07) is 9.05. The van der Waals surface area contributed by atoms with E-state index in [4.69, 9.17) is 26.2 Å². The number of rotatable bonds is 6. The van der Waals surface area contributed by atoms with Crippen molar-refractivity contribution >= 4 is 23.6 Å². The molecule has 1 N–H and O–H groups in total. The highest BCUT2D eigenvalue weighted by molar-refractivity contribution is 6.32. The standard InChI is InChI=1S/C17H14ClFO4/c1-22-15-5-2-11(3-7-17(20)21)8-12(15)10-23-16-6-4-13(19)9-14(16)18/h2-9H,10H2,1H3,(H,20,21). The Bertz CT molecular complexity index is 743. The Kier molecular flexibility index (Phi) is 5.60. The maximum atomic E-state index is 13.0. The first-order valence-corrected chi connectivity index (χ1v) is 7.03. The molecular weight excluding hydrogens is 323 g/mol. The summed E-state index contributed by atoms with van der Waals surface area (Å²) >= 11 is 5.91. The molecule has 120 valence electrons. The van der Waals surface area contributed by atoms with Crippen molar-refractivity contribution in [3.63, 3.8) is 0 Å². The SMILES string of the molecule is COc1ccc(C=CC(=O)O)cc1COc1ccc(F)cc1Cl. The molecular formula is C17H14ClFO4. The van der Waals surface area contributed by atoms with Crippen molar-refractivity contribution < 1.29 is 23.8 Å². The predicted molar refractivity (Wildman–Crippen MR) is 85.4 cm³/mol. The summed E-state index contributed by atoms with van der Waals surface area (Å²) in [6.45, 7) is 0.142. The number of carboxylic acids is 1. The van der Waals surface area contributed by atoms with Crippen LogP contribution in [0.25, 0.3) is 6.08 Å². The number of hydrogen-bond acceptors (Lipinski definition) is 3. The van der Waals surface area contributed by atoms with Gasteiger partial charge in [0.05, 0.1) is 12.1 Å². The van der Waals surface area contributed by atoms with Crippen LogP contribution in [0.1, 0.15) is 11.1 Å². The van der Waals surface area contributed by atoms with Crippen LogP contribution in [0, 0.1) is 5.82 Å². The van der Waals surface area contributed by atoms with Crippen LogP contribution in [0.4, 0.5) is 4.39 Å². The van der Waals surface area contributed by atoms with Gasteiger partial charge in [0, 0.05) is 11.6 Å². The predicted octanol–water partition coefficient (Wildman–Crippen LogP) is 4.16. The first-order valence-electron chi connectivity index (χ1n) is 6.65. The third-order valence-corrected chi connectivity index (χ3v) is 3.30. The summed E-state index contributed by atoms with van der Waals surface area (Å²) in [5.74, 6) is -0.533. The van der Waals surface area contributed by atoms with Crippen LogP contribution in [0.3, 0.4) is 0 Å². The average molecular weight is 337 g/mol. The molecule has 0 aliphatic rings. The number of ether oxygens (including phenoxy) is 2. The van der Waals surface area contributed by atoms with Gasteiger partial charge >= 0.3 is 5.97 Å². The van der Waals surface area contributed by atoms with Crippen LogP contribution in [0.5, 0.6) is 11.5 Å². The molecule has 0 amide bonds. The third kappa shape index (κ3) is 4.72. The normalized spacial score (nSPS) is 10.7. The smallest absolute Gasteiger partial charge is 0.328 e. The molecule has 2 aromatic rings. The van der Waals surface area contributed by atoms with Crippen LogP contribution in [-0.4, -0.2) is 18.2 Å². The van der Waals surface area contributed by atoms with Crippen molar-refractivity contribution in [3.8, 4) is 11.5 Å². The van der Waals surface area contributed by atoms with Crippen LogP contribution >= 0.6 is 11.6 Å². The second-order valence-electron chi connectivity index (χ2n) is 4.61. The molecule has 0 fully saturated rings. The van der Waals surface area contributed by atoms with Gasteiger partial charge in [0.2, 0.25) is 0 Å². The Hall–Kier alpha value is -2.53. The van der Waals surface area contributed by atoms with E-state index in [0.717, 1.165) is 6.08 Å². The minimum atomic E-state index is -1.03. The van der Waals surface area contributed by atoms with Crippen molar-refractivity contribution in [2.45, 2.75) is 6.61 Å². The van der Waals surface area contributed by atoms with Gasteiger partial charge < -0.3 is 14.6 Å². The van der Waals surface area contributed by atoms with Crippen molar-refractivity contribution in [2.75, 3.05) is 7.11 Å². The Morgan fingerprint density at radius 1 is 1.26 bits per heavy atom. The van der Waals surface area contributed by atoms with Gasteiger partial charge in [-0.1, -0.05) is 17.7 Å². The molecule has 0 unspecified atom stereocenters. The maximum absolute atomic E-state index is 13.0. The molecule has 2 aromatic carbocycles. The molecule has 4 nitrogen and oxygen atoms in total. The van der Waals surface area contributed by atoms with E-state index in [9.17, 15) is 9.18 Å². The molecule has 0 spiro atoms. The zero-order valence-electron chi connectivity index (χ0n) is 12.3. The topological polar surface area (TPSA) is 55.8 Å². The number of methoxy groups -OCH3 is 1. The lowest BCUT2D eigenvalue weighted by atomic mass is 10.1. The number of halogens is 2. The Labute approximate surface area is 137 Å². The third-order valence-electron chi connectivity index (χ3n) is 3.00. The zero-order valence-corrected chi connectivity index (χ0v) is 13.0. The van der Waals surface area contributed by atoms with Crippen LogP contribution < -0.4 is 9.47 Å². The molecule has 0 heterocycles. The van der Waals surface area contributed by atoms with Crippen molar-refractivity contribution in [2.24, 2.45) is 0 Å². The number of carboxylic acid groups (broad SMARTS) is 1. The van der Waals surface area contributed by atoms with Crippen molar-refractivity contribution in [1.82, 2.24) is 0 Å². The molecule has 6 heteroatoms. The average Bonchev–Trinajstić information content (AvgIpc) is 2.52. The molecule has 0 atom stereocenters. The summed E-state index contributed by atoms with van der Waals surface area (Å²) in [7, 11) is 1.52. The summed E-state index contributed by atoms with van der Waals surface area (Å²) in [6.07, 6.45) is 2.51. The fourth-order valence-electron chi connectivity index (χ4n) is 1.93. The second kappa shape index (κ2) is 7.65. The lowest BCUT2D eigenvalue weighted by Gasteiger charge is -2.12. The van der Waals surface area contributed by atoms with E-state index in [1.165, 1.54) is 31.4 Å². The molecule has 23 heavy (non-hydrogen) atoms. The van der Waals surface area contributed by atoms with E-state index >= 15 is 0 Å². The molecule has 0 aromatic heterocycles. The van der Waals surface area contributed by atoms with Gasteiger partial charge in [0.25, 0.3) is 0 Å². The first-order chi connectivity index (χ1) is 11.0. The minimum Gasteiger partial charge on any atom is -0.496 e. The van der Waals surface area contributed by atoms with Gasteiger partial charge in [0.1, 0.15) is 23.9 Å². The van der Waals surface area contributed by atoms with Gasteiger partial charge in [-0.05, 0) is 42.0 Å². The summed E-state index contributed by atoms with van der Waals surface area (Å²) in [4.78, 5) is 10.6. The van der Waals surface area contributed by atoms with Gasteiger partial charge in [-0.3, -0.25) is 0 Å². The van der Waals surface area contributed by atoms with Crippen LogP contribution in [0.2, 0.25) is 5.02 Å². The summed E-state index contributed by atoms with van der Waals surface area (Å²) in [5, 5.41) is 8.84. The van der Waals surface area contributed by atoms with Gasteiger partial charge in [-0.25, -0.2) is 9.18 Å². The molecule has 0 saturated carbocycles. The summed E-state index contributed by atoms with van der Waals surface area (Å²) < 4.78 is 23.8. The fraction of sp³-hybridized carbons (Fsp3) is 0.118. The van der Waals surface area contributed by atoms with Gasteiger partial charge in [-0.15, -0.1) is 0 Å². The Balaban J connectivity index is 2.20. The molecule has 0 aliphatic heterocycles. The van der Waals surface area contributed by atoms with E-state index in [1.54, 1.807) is 18.2 Å². The first kappa shape index (κ1) is 16.8. The van der Waals surface area contributed by atoms with E-state index in [1.807, 2.05) is 0 Å². The number of benzene rings is 2. The van der Waals surface area contributed by atoms with Gasteiger partial charge in [-0.2, -0.15) is 0 Å². The van der Waals surface area contributed by atoms with Crippen LogP contribution in [0.15, 0.2) is 42.5 Å². The van der Waals surface area contributed by atoms with E-state index in [-0.39, 0.29) is 11.6 Å². The molecule has 0 bridgehead atoms. The maximum Gasteiger partial charge on any atom is 0.328 e. The molecule has 2 rings (SSSR count). The number of carbonyl (C=O) groups is 1. The fourth-order valence-corrected chi connectivity index (χ4v) is 2.15. The zero-order chi connectivity index (χ0) is 16.8. The highest BCUT2D eigenvalue weighted by Gasteiger charge is 2.08. The largest absolute Gasteiger partial charge is 0.496 e. The highest BCUT2D eigenvalue weighted by Crippen LogP contribution is 2.28. The molecule has 0 saturated heterocycles. The second-order valence-corrected chi connectivity index (χ2v) is 5.01.